The summed E-state index contributed by atoms with van der Waals surface area (Å²) in [6.07, 6.45) is -3.63. The third kappa shape index (κ3) is 3.14. The van der Waals surface area contributed by atoms with Crippen molar-refractivity contribution in [2.75, 3.05) is 5.75 Å². The number of ether oxygens (including phenoxy) is 1. The second-order valence-electron chi connectivity index (χ2n) is 5.71. The molecular weight excluding hydrogens is 337 g/mol. The van der Waals surface area contributed by atoms with E-state index in [1.807, 2.05) is 0 Å². The van der Waals surface area contributed by atoms with Gasteiger partial charge in [-0.05, 0) is 26.0 Å². The topological polar surface area (TPSA) is 96.0 Å². The fourth-order valence-corrected chi connectivity index (χ4v) is 3.79. The summed E-state index contributed by atoms with van der Waals surface area (Å²) in [5.74, 6) is 0.496. The lowest BCUT2D eigenvalue weighted by Crippen LogP contribution is -2.50. The van der Waals surface area contributed by atoms with Crippen molar-refractivity contribution in [3.8, 4) is 16.9 Å². The molecule has 0 unspecified atom stereocenters. The fourth-order valence-electron chi connectivity index (χ4n) is 2.68. The van der Waals surface area contributed by atoms with Gasteiger partial charge in [0.2, 0.25) is 0 Å². The Morgan fingerprint density at radius 2 is 2.00 bits per heavy atom. The summed E-state index contributed by atoms with van der Waals surface area (Å²) in [6.45, 7) is 3.51. The molecule has 1 aromatic carbocycles. The summed E-state index contributed by atoms with van der Waals surface area (Å²) < 4.78 is 24.6. The van der Waals surface area contributed by atoms with Crippen LogP contribution in [0.2, 0.25) is 0 Å². The number of thioether (sulfide) groups is 1. The van der Waals surface area contributed by atoms with E-state index >= 15 is 0 Å². The van der Waals surface area contributed by atoms with E-state index < -0.39 is 29.6 Å². The summed E-state index contributed by atoms with van der Waals surface area (Å²) in [4.78, 5) is 0. The standard InChI is InChI=1S/C16H18FNO5S/c1-7-13(8(2)23-18-7)10-4-3-9(17)5-12(10)22-16-15(21)14(20)11(19)6-24-16/h3-5,11,14-16,19-21H,6H2,1-2H3/t11-,14+,15-,16-/m1/s1. The van der Waals surface area contributed by atoms with Crippen LogP contribution < -0.4 is 4.74 Å². The molecule has 24 heavy (non-hydrogen) atoms. The molecule has 1 aliphatic rings. The van der Waals surface area contributed by atoms with Gasteiger partial charge >= 0.3 is 0 Å². The second-order valence-corrected chi connectivity index (χ2v) is 6.84. The van der Waals surface area contributed by atoms with Crippen molar-refractivity contribution in [2.24, 2.45) is 0 Å². The van der Waals surface area contributed by atoms with Gasteiger partial charge in [-0.25, -0.2) is 4.39 Å². The number of aliphatic hydroxyl groups is 3. The summed E-state index contributed by atoms with van der Waals surface area (Å²) in [7, 11) is 0. The Labute approximate surface area is 142 Å². The molecule has 0 bridgehead atoms. The molecule has 0 radical (unpaired) electrons. The van der Waals surface area contributed by atoms with Gasteiger partial charge in [0.25, 0.3) is 0 Å². The highest BCUT2D eigenvalue weighted by Crippen LogP contribution is 2.38. The number of aliphatic hydroxyl groups excluding tert-OH is 3. The smallest absolute Gasteiger partial charge is 0.173 e. The Kier molecular flexibility index (Phi) is 4.82. The van der Waals surface area contributed by atoms with Crippen LogP contribution in [0.5, 0.6) is 5.75 Å². The first-order valence-corrected chi connectivity index (χ1v) is 8.48. The zero-order valence-electron chi connectivity index (χ0n) is 13.1. The third-order valence-corrected chi connectivity index (χ3v) is 5.18. The van der Waals surface area contributed by atoms with Crippen molar-refractivity contribution in [3.05, 3.63) is 35.5 Å². The Bertz CT molecular complexity index is 718. The zero-order valence-corrected chi connectivity index (χ0v) is 14.0. The molecule has 0 amide bonds. The molecule has 3 rings (SSSR count). The van der Waals surface area contributed by atoms with E-state index in [9.17, 15) is 19.7 Å². The minimum absolute atomic E-state index is 0.207. The van der Waals surface area contributed by atoms with Crippen LogP contribution in [0.1, 0.15) is 11.5 Å². The summed E-state index contributed by atoms with van der Waals surface area (Å²) in [5, 5.41) is 33.4. The number of benzene rings is 1. The van der Waals surface area contributed by atoms with Gasteiger partial charge in [-0.15, -0.1) is 11.8 Å². The van der Waals surface area contributed by atoms with Crippen molar-refractivity contribution in [2.45, 2.75) is 37.6 Å². The minimum Gasteiger partial charge on any atom is -0.476 e. The lowest BCUT2D eigenvalue weighted by molar-refractivity contribution is -0.0785. The molecule has 1 saturated heterocycles. The largest absolute Gasteiger partial charge is 0.476 e. The van der Waals surface area contributed by atoms with Gasteiger partial charge < -0.3 is 24.6 Å². The number of halogens is 1. The minimum atomic E-state index is -1.31. The molecule has 6 nitrogen and oxygen atoms in total. The normalized spacial score (nSPS) is 27.2. The highest BCUT2D eigenvalue weighted by Gasteiger charge is 2.39. The molecule has 0 saturated carbocycles. The van der Waals surface area contributed by atoms with Crippen molar-refractivity contribution in [3.63, 3.8) is 0 Å². The van der Waals surface area contributed by atoms with Crippen LogP contribution in [0, 0.1) is 19.7 Å². The predicted octanol–water partition coefficient (Wildman–Crippen LogP) is 1.63. The van der Waals surface area contributed by atoms with Gasteiger partial charge in [0.1, 0.15) is 29.5 Å². The average Bonchev–Trinajstić information content (AvgIpc) is 2.87. The molecule has 130 valence electrons. The van der Waals surface area contributed by atoms with Gasteiger partial charge in [0.15, 0.2) is 5.44 Å². The SMILES string of the molecule is Cc1noc(C)c1-c1ccc(F)cc1O[C@@H]1SC[C@@H](O)[C@H](O)[C@H]1O. The lowest BCUT2D eigenvalue weighted by atomic mass is 10.0. The maximum absolute atomic E-state index is 13.7. The monoisotopic (exact) mass is 355 g/mol. The van der Waals surface area contributed by atoms with E-state index in [0.29, 0.717) is 22.6 Å². The number of rotatable bonds is 3. The van der Waals surface area contributed by atoms with Gasteiger partial charge in [-0.2, -0.15) is 0 Å². The number of aromatic nitrogens is 1. The van der Waals surface area contributed by atoms with E-state index in [1.54, 1.807) is 19.9 Å². The third-order valence-electron chi connectivity index (χ3n) is 3.94. The maximum Gasteiger partial charge on any atom is 0.173 e. The first-order chi connectivity index (χ1) is 11.4. The van der Waals surface area contributed by atoms with Crippen molar-refractivity contribution < 1.29 is 29.0 Å². The summed E-state index contributed by atoms with van der Waals surface area (Å²) in [6, 6.07) is 4.07. The van der Waals surface area contributed by atoms with E-state index in [0.717, 1.165) is 11.8 Å². The van der Waals surface area contributed by atoms with Crippen LogP contribution >= 0.6 is 11.8 Å². The van der Waals surface area contributed by atoms with Gasteiger partial charge in [-0.1, -0.05) is 5.16 Å². The predicted molar refractivity (Wildman–Crippen MR) is 86.3 cm³/mol. The van der Waals surface area contributed by atoms with Crippen LogP contribution in [0.4, 0.5) is 4.39 Å². The molecule has 8 heteroatoms. The second kappa shape index (κ2) is 6.72. The van der Waals surface area contributed by atoms with Crippen LogP contribution in [0.3, 0.4) is 0 Å². The first-order valence-electron chi connectivity index (χ1n) is 7.43. The fraction of sp³-hybridized carbons (Fsp3) is 0.438. The highest BCUT2D eigenvalue weighted by molar-refractivity contribution is 7.99. The maximum atomic E-state index is 13.7. The quantitative estimate of drug-likeness (QED) is 0.770. The summed E-state index contributed by atoms with van der Waals surface area (Å²) >= 11 is 1.15. The van der Waals surface area contributed by atoms with Gasteiger partial charge in [0.05, 0.1) is 17.4 Å². The Morgan fingerprint density at radius 3 is 2.67 bits per heavy atom. The molecule has 0 spiro atoms. The average molecular weight is 355 g/mol. The van der Waals surface area contributed by atoms with Gasteiger partial charge in [-0.3, -0.25) is 0 Å². The molecule has 1 fully saturated rings. The molecular formula is C16H18FNO5S. The Hall–Kier alpha value is -1.61. The molecule has 2 heterocycles. The summed E-state index contributed by atoms with van der Waals surface area (Å²) in [5.41, 5.74) is 1.09. The molecule has 3 N–H and O–H groups in total. The van der Waals surface area contributed by atoms with Crippen molar-refractivity contribution in [1.82, 2.24) is 5.16 Å². The first kappa shape index (κ1) is 17.2. The number of hydrogen-bond donors (Lipinski definition) is 3. The van der Waals surface area contributed by atoms with Crippen molar-refractivity contribution >= 4 is 11.8 Å². The molecule has 0 aliphatic carbocycles. The van der Waals surface area contributed by atoms with Crippen molar-refractivity contribution in [1.29, 1.82) is 0 Å². The number of aryl methyl sites for hydroxylation is 2. The molecule has 1 aliphatic heterocycles. The van der Waals surface area contributed by atoms with Crippen LogP contribution in [0.15, 0.2) is 22.7 Å². The van der Waals surface area contributed by atoms with Crippen LogP contribution in [-0.2, 0) is 0 Å². The van der Waals surface area contributed by atoms with E-state index in [4.69, 9.17) is 9.26 Å². The molecule has 4 atom stereocenters. The highest BCUT2D eigenvalue weighted by atomic mass is 32.2. The van der Waals surface area contributed by atoms with Crippen LogP contribution in [-0.4, -0.2) is 50.0 Å². The number of nitrogens with zero attached hydrogens (tertiary/aromatic N) is 1. The van der Waals surface area contributed by atoms with E-state index in [1.165, 1.54) is 12.1 Å². The van der Waals surface area contributed by atoms with E-state index in [-0.39, 0.29) is 11.5 Å². The lowest BCUT2D eigenvalue weighted by Gasteiger charge is -2.34. The number of hydrogen-bond acceptors (Lipinski definition) is 7. The zero-order chi connectivity index (χ0) is 17.4. The molecule has 1 aromatic heterocycles. The van der Waals surface area contributed by atoms with Gasteiger partial charge in [0, 0.05) is 17.4 Å². The molecule has 2 aromatic rings. The Balaban J connectivity index is 1.95. The van der Waals surface area contributed by atoms with Crippen LogP contribution in [0.25, 0.3) is 11.1 Å². The van der Waals surface area contributed by atoms with E-state index in [2.05, 4.69) is 5.16 Å². The Morgan fingerprint density at radius 1 is 1.25 bits per heavy atom.